The van der Waals surface area contributed by atoms with Crippen LogP contribution in [0.1, 0.15) is 91.5 Å². The molecule has 3 saturated heterocycles. The van der Waals surface area contributed by atoms with Crippen molar-refractivity contribution in [3.63, 3.8) is 0 Å². The van der Waals surface area contributed by atoms with E-state index in [4.69, 9.17) is 28.4 Å². The van der Waals surface area contributed by atoms with Gasteiger partial charge in [0.2, 0.25) is 0 Å². The van der Waals surface area contributed by atoms with Gasteiger partial charge in [0.1, 0.15) is 35.8 Å². The fourth-order valence-corrected chi connectivity index (χ4v) is 11.2. The number of nitrogens with one attached hydrogen (secondary N) is 1. The molecule has 0 bridgehead atoms. The number of amides is 3. The Morgan fingerprint density at radius 1 is 0.886 bits per heavy atom. The largest absolute Gasteiger partial charge is 0.461 e. The number of ketones is 1. The number of Topliss-reactive ketones (excluding diaryl/α,β-unsaturated/α-hetero) is 1. The lowest BCUT2D eigenvalue weighted by molar-refractivity contribution is -0.298. The Morgan fingerprint density at radius 2 is 1.61 bits per heavy atom. The van der Waals surface area contributed by atoms with Crippen LogP contribution in [-0.2, 0) is 54.0 Å². The van der Waals surface area contributed by atoms with Gasteiger partial charge >= 0.3 is 24.1 Å². The average molecular weight is 1090 g/mol. The summed E-state index contributed by atoms with van der Waals surface area (Å²) in [7, 11) is 3.63. The second-order valence-corrected chi connectivity index (χ2v) is 21.4. The first kappa shape index (κ1) is 59.4. The van der Waals surface area contributed by atoms with Crippen molar-refractivity contribution < 1.29 is 62.3 Å². The zero-order chi connectivity index (χ0) is 57.2. The van der Waals surface area contributed by atoms with Crippen molar-refractivity contribution in [2.75, 3.05) is 20.6 Å². The van der Waals surface area contributed by atoms with Gasteiger partial charge in [0.15, 0.2) is 17.7 Å². The second-order valence-electron chi connectivity index (χ2n) is 21.4. The van der Waals surface area contributed by atoms with E-state index in [0.29, 0.717) is 23.5 Å². The smallest absolute Gasteiger partial charge is 0.417 e. The van der Waals surface area contributed by atoms with Gasteiger partial charge in [0, 0.05) is 73.0 Å². The van der Waals surface area contributed by atoms with E-state index in [9.17, 15) is 29.1 Å². The number of fused-ring (bicyclic) bond motifs is 1. The van der Waals surface area contributed by atoms with E-state index in [1.165, 1.54) is 38.4 Å². The molecule has 20 heteroatoms. The van der Waals surface area contributed by atoms with E-state index in [2.05, 4.69) is 25.3 Å². The van der Waals surface area contributed by atoms with Gasteiger partial charge in [-0.2, -0.15) is 0 Å². The number of rotatable bonds is 14. The number of aliphatic hydroxyl groups is 1. The minimum Gasteiger partial charge on any atom is -0.461 e. The molecule has 0 radical (unpaired) electrons. The first-order valence-electron chi connectivity index (χ1n) is 26.8. The molecule has 0 aliphatic carbocycles. The zero-order valence-electron chi connectivity index (χ0n) is 46.5. The quantitative estimate of drug-likeness (QED) is 0.0729. The van der Waals surface area contributed by atoms with Gasteiger partial charge in [-0.1, -0.05) is 76.2 Å². The van der Waals surface area contributed by atoms with Crippen LogP contribution in [0.3, 0.4) is 0 Å². The van der Waals surface area contributed by atoms with Crippen LogP contribution >= 0.6 is 0 Å². The predicted octanol–water partition coefficient (Wildman–Crippen LogP) is 7.06. The number of esters is 2. The van der Waals surface area contributed by atoms with Crippen LogP contribution in [0.15, 0.2) is 104 Å². The third-order valence-electron chi connectivity index (χ3n) is 15.2. The van der Waals surface area contributed by atoms with E-state index < -0.39 is 120 Å². The Labute approximate surface area is 461 Å². The van der Waals surface area contributed by atoms with Gasteiger partial charge in [0.25, 0.3) is 5.91 Å². The maximum Gasteiger partial charge on any atom is 0.417 e. The Morgan fingerprint density at radius 3 is 2.27 bits per heavy atom. The molecule has 0 unspecified atom stereocenters. The molecule has 6 heterocycles. The monoisotopic (exact) mass is 1090 g/mol. The fourth-order valence-electron chi connectivity index (χ4n) is 11.2. The summed E-state index contributed by atoms with van der Waals surface area (Å²) in [6, 6.07) is 15.9. The summed E-state index contributed by atoms with van der Waals surface area (Å²) in [6.45, 7) is 13.0. The van der Waals surface area contributed by atoms with Crippen molar-refractivity contribution in [3.8, 4) is 11.4 Å². The van der Waals surface area contributed by atoms with Gasteiger partial charge in [-0.25, -0.2) is 24.5 Å². The molecular weight excluding hydrogens is 1010 g/mol. The minimum atomic E-state index is -1.90. The summed E-state index contributed by atoms with van der Waals surface area (Å²) in [6.07, 6.45) is 4.87. The number of cyclic esters (lactones) is 1. The SMILES string of the molecule is CC[C@H]1OC(=O)[C@H](C)[C@@H](OC(=O)Cc2ccccn2)[C@H](C)[C@@H](O[C@@H]2O[C@H](C)C[C@H](N(C)C)[C@H]2O)[C@](C)(OC(=O)NC/C=C/c2ccc(-c3ncccn3)cc2)C[C@@H](C)C(=O)[C@H](C)[C@H]2N(C(=O)/C=C/c3cccnc3)C(=O)O[C@]12C. The highest BCUT2D eigenvalue weighted by molar-refractivity contribution is 6.03. The van der Waals surface area contributed by atoms with Crippen LogP contribution in [0.2, 0.25) is 0 Å². The number of hydrogen-bond donors (Lipinski definition) is 2. The van der Waals surface area contributed by atoms with Crippen LogP contribution < -0.4 is 5.32 Å². The van der Waals surface area contributed by atoms with Crippen molar-refractivity contribution in [1.29, 1.82) is 0 Å². The molecule has 3 aromatic heterocycles. The average Bonchev–Trinajstić information content (AvgIpc) is 4.02. The Bertz CT molecular complexity index is 2810. The number of aromatic nitrogens is 4. The molecular formula is C59H73N7O13. The van der Waals surface area contributed by atoms with Gasteiger partial charge in [-0.15, -0.1) is 0 Å². The van der Waals surface area contributed by atoms with E-state index in [0.717, 1.165) is 16.0 Å². The fraction of sp³-hybridized carbons (Fsp3) is 0.492. The van der Waals surface area contributed by atoms with Crippen molar-refractivity contribution in [2.45, 2.75) is 141 Å². The molecule has 7 rings (SSSR count). The maximum atomic E-state index is 15.4. The zero-order valence-corrected chi connectivity index (χ0v) is 46.5. The van der Waals surface area contributed by atoms with Crippen LogP contribution in [0, 0.1) is 23.7 Å². The van der Waals surface area contributed by atoms with Crippen molar-refractivity contribution in [2.24, 2.45) is 23.7 Å². The first-order valence-corrected chi connectivity index (χ1v) is 26.8. The number of nitrogens with zero attached hydrogens (tertiary/aromatic N) is 6. The summed E-state index contributed by atoms with van der Waals surface area (Å²) in [4.78, 5) is 107. The van der Waals surface area contributed by atoms with Crippen molar-refractivity contribution in [1.82, 2.24) is 35.1 Å². The number of aliphatic hydroxyl groups excluding tert-OH is 1. The van der Waals surface area contributed by atoms with Crippen molar-refractivity contribution in [3.05, 3.63) is 121 Å². The number of benzene rings is 1. The number of likely N-dealkylation sites (N-methyl/N-ethyl adjacent to an activating group) is 1. The number of hydrogen-bond acceptors (Lipinski definition) is 18. The minimum absolute atomic E-state index is 0.0137. The number of carbonyl (C=O) groups is 6. The molecule has 0 saturated carbocycles. The molecule has 4 aromatic rings. The normalized spacial score (nSPS) is 30.8. The Hall–Kier alpha value is -7.26. The molecule has 0 spiro atoms. The molecule has 2 N–H and O–H groups in total. The number of alkyl carbamates (subject to hydrolysis) is 1. The standard InChI is InChI=1S/C59H73N7O13/c1-11-45-59(8)51(66(57(73)79-59)46(67)25-22-41-18-14-26-60-34-41)37(4)48(69)35(2)33-58(7,78-56(72)64-28-15-17-40-20-23-42(24-21-40)53-62-29-16-30-63-53)52(77-55-49(70)44(65(9)10)31-36(3)74-55)38(5)50(39(6)54(71)75-45)76-47(68)32-43-19-12-13-27-61-43/h12-27,29-30,34-39,44-45,49-52,55,70H,11,28,31-33H2,1-10H3,(H,64,72)/b17-15+,25-22+/t35-,36-,37+,38+,39-,44+,45-,49-,50+,51-,52-,55+,58-,59-/m1/s1. The molecule has 3 aliphatic rings. The molecule has 3 amide bonds. The lowest BCUT2D eigenvalue weighted by Crippen LogP contribution is -2.61. The van der Waals surface area contributed by atoms with Crippen LogP contribution in [0.5, 0.6) is 0 Å². The highest BCUT2D eigenvalue weighted by Gasteiger charge is 2.62. The van der Waals surface area contributed by atoms with E-state index >= 15 is 4.79 Å². The third-order valence-corrected chi connectivity index (χ3v) is 15.2. The summed E-state index contributed by atoms with van der Waals surface area (Å²) >= 11 is 0. The van der Waals surface area contributed by atoms with Crippen LogP contribution in [0.25, 0.3) is 23.5 Å². The van der Waals surface area contributed by atoms with Gasteiger partial charge in [-0.05, 0) is 103 Å². The summed E-state index contributed by atoms with van der Waals surface area (Å²) < 4.78 is 38.6. The molecule has 422 valence electrons. The molecule has 3 aliphatic heterocycles. The highest BCUT2D eigenvalue weighted by atomic mass is 16.7. The molecule has 79 heavy (non-hydrogen) atoms. The van der Waals surface area contributed by atoms with E-state index in [-0.39, 0.29) is 25.8 Å². The summed E-state index contributed by atoms with van der Waals surface area (Å²) in [5, 5.41) is 14.8. The molecule has 20 nitrogen and oxygen atoms in total. The lowest BCUT2D eigenvalue weighted by atomic mass is 9.73. The van der Waals surface area contributed by atoms with E-state index in [1.807, 2.05) is 50.2 Å². The first-order chi connectivity index (χ1) is 37.6. The number of carbonyl (C=O) groups excluding carboxylic acids is 6. The Balaban J connectivity index is 1.31. The second kappa shape index (κ2) is 26.1. The lowest BCUT2D eigenvalue weighted by Gasteiger charge is -2.48. The van der Waals surface area contributed by atoms with Gasteiger partial charge in [-0.3, -0.25) is 29.1 Å². The summed E-state index contributed by atoms with van der Waals surface area (Å²) in [5.41, 5.74) is -1.11. The van der Waals surface area contributed by atoms with Gasteiger partial charge in [0.05, 0.1) is 30.2 Å². The molecule has 14 atom stereocenters. The van der Waals surface area contributed by atoms with Gasteiger partial charge < -0.3 is 43.7 Å². The molecule has 3 fully saturated rings. The maximum absolute atomic E-state index is 15.4. The Kier molecular flexibility index (Phi) is 19.7. The highest BCUT2D eigenvalue weighted by Crippen LogP contribution is 2.44. The van der Waals surface area contributed by atoms with E-state index in [1.54, 1.807) is 102 Å². The number of pyridine rings is 2. The number of imide groups is 1. The molecule has 1 aromatic carbocycles. The topological polar surface area (TPSA) is 248 Å². The van der Waals surface area contributed by atoms with Crippen LogP contribution in [-0.4, -0.2) is 151 Å². The number of ether oxygens (including phenoxy) is 6. The summed E-state index contributed by atoms with van der Waals surface area (Å²) in [5.74, 6) is -7.02. The predicted molar refractivity (Wildman–Crippen MR) is 290 cm³/mol. The van der Waals surface area contributed by atoms with Crippen molar-refractivity contribution >= 4 is 48.0 Å². The van der Waals surface area contributed by atoms with Crippen LogP contribution in [0.4, 0.5) is 9.59 Å². The third kappa shape index (κ3) is 14.1.